The van der Waals surface area contributed by atoms with Gasteiger partial charge in [-0.25, -0.2) is 8.42 Å². The van der Waals surface area contributed by atoms with Crippen molar-refractivity contribution in [2.45, 2.75) is 50.0 Å². The quantitative estimate of drug-likeness (QED) is 0.778. The normalized spacial score (nSPS) is 20.7. The van der Waals surface area contributed by atoms with Gasteiger partial charge in [-0.3, -0.25) is 0 Å². The highest BCUT2D eigenvalue weighted by atomic mass is 32.2. The third kappa shape index (κ3) is 4.60. The van der Waals surface area contributed by atoms with Crippen LogP contribution in [-0.4, -0.2) is 55.3 Å². The van der Waals surface area contributed by atoms with E-state index < -0.39 is 10.0 Å². The van der Waals surface area contributed by atoms with Gasteiger partial charge in [-0.2, -0.15) is 4.31 Å². The number of hydrogen-bond donors (Lipinski definition) is 1. The lowest BCUT2D eigenvalue weighted by atomic mass is 10.1. The van der Waals surface area contributed by atoms with Crippen molar-refractivity contribution in [1.29, 1.82) is 0 Å². The lowest BCUT2D eigenvalue weighted by Crippen LogP contribution is -2.35. The van der Waals surface area contributed by atoms with Crippen LogP contribution in [0.25, 0.3) is 11.3 Å². The van der Waals surface area contributed by atoms with Crippen LogP contribution in [0, 0.1) is 6.92 Å². The van der Waals surface area contributed by atoms with Gasteiger partial charge in [0.05, 0.1) is 16.7 Å². The summed E-state index contributed by atoms with van der Waals surface area (Å²) in [5.74, 6) is 0.692. The highest BCUT2D eigenvalue weighted by Crippen LogP contribution is 2.28. The van der Waals surface area contributed by atoms with Gasteiger partial charge in [0, 0.05) is 31.8 Å². The van der Waals surface area contributed by atoms with Crippen molar-refractivity contribution in [3.05, 3.63) is 35.9 Å². The Kier molecular flexibility index (Phi) is 6.12. The van der Waals surface area contributed by atoms with Crippen LogP contribution in [-0.2, 0) is 14.8 Å². The zero-order chi connectivity index (χ0) is 20.3. The summed E-state index contributed by atoms with van der Waals surface area (Å²) in [6.07, 6.45) is 5.33. The minimum atomic E-state index is -3.49. The first-order valence-corrected chi connectivity index (χ1v) is 11.8. The maximum absolute atomic E-state index is 13.1. The van der Waals surface area contributed by atoms with E-state index in [2.05, 4.69) is 15.5 Å². The number of nitrogens with zero attached hydrogens (tertiary/aromatic N) is 3. The van der Waals surface area contributed by atoms with Crippen molar-refractivity contribution in [3.8, 4) is 11.3 Å². The van der Waals surface area contributed by atoms with Gasteiger partial charge in [0.2, 0.25) is 10.0 Å². The molecule has 1 aromatic heterocycles. The summed E-state index contributed by atoms with van der Waals surface area (Å²) in [5.41, 5.74) is 2.16. The van der Waals surface area contributed by atoms with Gasteiger partial charge in [0.1, 0.15) is 5.82 Å². The fourth-order valence-corrected chi connectivity index (χ4v) is 5.65. The Bertz CT molecular complexity index is 935. The van der Waals surface area contributed by atoms with E-state index in [9.17, 15) is 8.42 Å². The van der Waals surface area contributed by atoms with Crippen molar-refractivity contribution < 1.29 is 13.2 Å². The Morgan fingerprint density at radius 1 is 1.10 bits per heavy atom. The molecule has 0 radical (unpaired) electrons. The number of piperidine rings is 1. The van der Waals surface area contributed by atoms with Crippen molar-refractivity contribution >= 4 is 15.8 Å². The SMILES string of the molecule is Cc1ccc(-c2ccc(NC[C@@H]3CCCO3)nn2)cc1S(=O)(=O)N1CCCCC1. The molecule has 0 saturated carbocycles. The maximum Gasteiger partial charge on any atom is 0.243 e. The molecule has 3 heterocycles. The van der Waals surface area contributed by atoms with Gasteiger partial charge < -0.3 is 10.1 Å². The van der Waals surface area contributed by atoms with Crippen LogP contribution in [0.2, 0.25) is 0 Å². The average molecular weight is 417 g/mol. The first-order valence-electron chi connectivity index (χ1n) is 10.3. The van der Waals surface area contributed by atoms with E-state index in [1.807, 2.05) is 31.2 Å². The van der Waals surface area contributed by atoms with Crippen molar-refractivity contribution in [3.63, 3.8) is 0 Å². The highest BCUT2D eigenvalue weighted by Gasteiger charge is 2.27. The van der Waals surface area contributed by atoms with E-state index in [-0.39, 0.29) is 6.10 Å². The molecule has 4 rings (SSSR count). The van der Waals surface area contributed by atoms with E-state index in [4.69, 9.17) is 4.74 Å². The molecule has 2 aliphatic rings. The first kappa shape index (κ1) is 20.3. The number of aryl methyl sites for hydroxylation is 1. The molecule has 8 heteroatoms. The number of ether oxygens (including phenoxy) is 1. The molecule has 7 nitrogen and oxygen atoms in total. The molecule has 1 atom stereocenters. The molecular weight excluding hydrogens is 388 g/mol. The van der Waals surface area contributed by atoms with E-state index >= 15 is 0 Å². The Morgan fingerprint density at radius 2 is 1.93 bits per heavy atom. The lowest BCUT2D eigenvalue weighted by molar-refractivity contribution is 0.120. The van der Waals surface area contributed by atoms with Crippen LogP contribution >= 0.6 is 0 Å². The summed E-state index contributed by atoms with van der Waals surface area (Å²) in [5, 5.41) is 11.8. The Hall–Kier alpha value is -2.03. The molecule has 0 unspecified atom stereocenters. The zero-order valence-electron chi connectivity index (χ0n) is 16.8. The number of benzene rings is 1. The van der Waals surface area contributed by atoms with E-state index in [1.165, 1.54) is 0 Å². The standard InChI is InChI=1S/C21H28N4O3S/c1-16-7-8-17(14-20(16)29(26,27)25-11-3-2-4-12-25)19-9-10-21(24-23-19)22-15-18-6-5-13-28-18/h7-10,14,18H,2-6,11-13,15H2,1H3,(H,22,24)/t18-/m0/s1. The zero-order valence-corrected chi connectivity index (χ0v) is 17.6. The molecule has 2 fully saturated rings. The van der Waals surface area contributed by atoms with Gasteiger partial charge in [-0.05, 0) is 56.4 Å². The molecule has 2 aromatic rings. The highest BCUT2D eigenvalue weighted by molar-refractivity contribution is 7.89. The molecule has 2 saturated heterocycles. The Labute approximate surface area is 172 Å². The van der Waals surface area contributed by atoms with Crippen LogP contribution < -0.4 is 5.32 Å². The fraction of sp³-hybridized carbons (Fsp3) is 0.524. The second-order valence-electron chi connectivity index (χ2n) is 7.76. The minimum Gasteiger partial charge on any atom is -0.376 e. The molecule has 29 heavy (non-hydrogen) atoms. The second-order valence-corrected chi connectivity index (χ2v) is 9.67. The van der Waals surface area contributed by atoms with Crippen LogP contribution in [0.15, 0.2) is 35.2 Å². The van der Waals surface area contributed by atoms with Gasteiger partial charge in [0.15, 0.2) is 0 Å². The van der Waals surface area contributed by atoms with Crippen LogP contribution in [0.5, 0.6) is 0 Å². The van der Waals surface area contributed by atoms with Gasteiger partial charge >= 0.3 is 0 Å². The van der Waals surface area contributed by atoms with Gasteiger partial charge in [-0.15, -0.1) is 10.2 Å². The Morgan fingerprint density at radius 3 is 2.62 bits per heavy atom. The number of anilines is 1. The third-order valence-electron chi connectivity index (χ3n) is 5.62. The number of nitrogens with one attached hydrogen (secondary N) is 1. The van der Waals surface area contributed by atoms with Gasteiger partial charge in [-0.1, -0.05) is 18.6 Å². The largest absolute Gasteiger partial charge is 0.376 e. The summed E-state index contributed by atoms with van der Waals surface area (Å²) in [6, 6.07) is 9.21. The van der Waals surface area contributed by atoms with Crippen molar-refractivity contribution in [2.75, 3.05) is 31.6 Å². The fourth-order valence-electron chi connectivity index (χ4n) is 3.89. The number of aromatic nitrogens is 2. The number of sulfonamides is 1. The predicted octanol–water partition coefficient (Wildman–Crippen LogP) is 3.22. The summed E-state index contributed by atoms with van der Waals surface area (Å²) >= 11 is 0. The molecule has 0 amide bonds. The smallest absolute Gasteiger partial charge is 0.243 e. The molecule has 1 N–H and O–H groups in total. The predicted molar refractivity (Wildman–Crippen MR) is 112 cm³/mol. The summed E-state index contributed by atoms with van der Waals surface area (Å²) in [7, 11) is -3.49. The lowest BCUT2D eigenvalue weighted by Gasteiger charge is -2.26. The molecule has 2 aliphatic heterocycles. The van der Waals surface area contributed by atoms with Crippen molar-refractivity contribution in [1.82, 2.24) is 14.5 Å². The van der Waals surface area contributed by atoms with E-state index in [0.717, 1.165) is 56.4 Å². The summed E-state index contributed by atoms with van der Waals surface area (Å²) in [4.78, 5) is 0.360. The number of rotatable bonds is 6. The first-order chi connectivity index (χ1) is 14.0. The topological polar surface area (TPSA) is 84.4 Å². The molecule has 0 bridgehead atoms. The van der Waals surface area contributed by atoms with Crippen LogP contribution in [0.1, 0.15) is 37.7 Å². The summed E-state index contributed by atoms with van der Waals surface area (Å²) < 4.78 is 33.5. The van der Waals surface area contributed by atoms with E-state index in [0.29, 0.717) is 29.5 Å². The Balaban J connectivity index is 1.52. The molecule has 1 aromatic carbocycles. The third-order valence-corrected chi connectivity index (χ3v) is 7.66. The minimum absolute atomic E-state index is 0.233. The molecule has 0 spiro atoms. The van der Waals surface area contributed by atoms with Crippen LogP contribution in [0.4, 0.5) is 5.82 Å². The molecule has 156 valence electrons. The molecular formula is C21H28N4O3S. The van der Waals surface area contributed by atoms with Gasteiger partial charge in [0.25, 0.3) is 0 Å². The molecule has 0 aliphatic carbocycles. The van der Waals surface area contributed by atoms with Crippen LogP contribution in [0.3, 0.4) is 0 Å². The average Bonchev–Trinajstić information content (AvgIpc) is 3.27. The number of hydrogen-bond acceptors (Lipinski definition) is 6. The second kappa shape index (κ2) is 8.77. The van der Waals surface area contributed by atoms with E-state index in [1.54, 1.807) is 10.4 Å². The monoisotopic (exact) mass is 416 g/mol. The summed E-state index contributed by atoms with van der Waals surface area (Å²) in [6.45, 7) is 4.57. The van der Waals surface area contributed by atoms with Crippen molar-refractivity contribution in [2.24, 2.45) is 0 Å². The maximum atomic E-state index is 13.1.